The average Bonchev–Trinajstić information content (AvgIpc) is 3.03. The number of aliphatic hydroxyl groups is 1. The first-order valence-electron chi connectivity index (χ1n) is 9.43. The highest BCUT2D eigenvalue weighted by Crippen LogP contribution is 2.45. The Bertz CT molecular complexity index is 584. The van der Waals surface area contributed by atoms with E-state index in [2.05, 4.69) is 0 Å². The largest absolute Gasteiger partial charge is 0.388 e. The molecule has 0 amide bonds. The summed E-state index contributed by atoms with van der Waals surface area (Å²) in [6.45, 7) is 11.1. The van der Waals surface area contributed by atoms with Crippen molar-refractivity contribution in [1.29, 1.82) is 0 Å². The molecule has 9 nitrogen and oxygen atoms in total. The number of fused-ring (bicyclic) bond motifs is 3. The van der Waals surface area contributed by atoms with Gasteiger partial charge in [0, 0.05) is 0 Å². The van der Waals surface area contributed by atoms with Gasteiger partial charge in [-0.2, -0.15) is 0 Å². The van der Waals surface area contributed by atoms with E-state index in [0.29, 0.717) is 0 Å². The van der Waals surface area contributed by atoms with Gasteiger partial charge in [0.15, 0.2) is 23.7 Å². The Morgan fingerprint density at radius 1 is 0.778 bits per heavy atom. The molecule has 4 saturated heterocycles. The minimum Gasteiger partial charge on any atom is -0.388 e. The third-order valence-electron chi connectivity index (χ3n) is 5.47. The van der Waals surface area contributed by atoms with Gasteiger partial charge in [-0.1, -0.05) is 0 Å². The zero-order valence-corrected chi connectivity index (χ0v) is 16.8. The van der Waals surface area contributed by atoms with Crippen LogP contribution in [0.2, 0.25) is 0 Å². The van der Waals surface area contributed by atoms with E-state index in [-0.39, 0.29) is 13.2 Å². The first-order chi connectivity index (χ1) is 12.3. The van der Waals surface area contributed by atoms with E-state index in [1.54, 1.807) is 13.8 Å². The quantitative estimate of drug-likeness (QED) is 0.685. The Balaban J connectivity index is 1.58. The molecule has 4 rings (SSSR count). The van der Waals surface area contributed by atoms with E-state index in [1.165, 1.54) is 0 Å². The summed E-state index contributed by atoms with van der Waals surface area (Å²) in [5, 5.41) is 11.2. The Kier molecular flexibility index (Phi) is 4.48. The van der Waals surface area contributed by atoms with Crippen molar-refractivity contribution in [3.8, 4) is 0 Å². The van der Waals surface area contributed by atoms with Crippen molar-refractivity contribution < 1.29 is 38.3 Å². The van der Waals surface area contributed by atoms with Crippen molar-refractivity contribution >= 4 is 0 Å². The molecule has 156 valence electrons. The first kappa shape index (κ1) is 19.9. The summed E-state index contributed by atoms with van der Waals surface area (Å²) in [6.07, 6.45) is -4.07. The molecule has 4 fully saturated rings. The summed E-state index contributed by atoms with van der Waals surface area (Å²) in [7, 11) is 0. The van der Waals surface area contributed by atoms with Crippen LogP contribution in [0.5, 0.6) is 0 Å². The molecule has 0 aromatic carbocycles. The molecule has 0 aromatic rings. The molecule has 4 aliphatic rings. The topological polar surface area (TPSA) is 111 Å². The second-order valence-electron chi connectivity index (χ2n) is 9.29. The van der Waals surface area contributed by atoms with Crippen molar-refractivity contribution in [2.45, 2.75) is 101 Å². The lowest BCUT2D eigenvalue weighted by atomic mass is 9.84. The number of hydrogen-bond acceptors (Lipinski definition) is 9. The highest BCUT2D eigenvalue weighted by Gasteiger charge is 2.63. The van der Waals surface area contributed by atoms with Crippen LogP contribution in [0, 0.1) is 0 Å². The molecule has 6 atom stereocenters. The van der Waals surface area contributed by atoms with Gasteiger partial charge in [-0.3, -0.25) is 0 Å². The Labute approximate surface area is 159 Å². The van der Waals surface area contributed by atoms with Gasteiger partial charge in [0.25, 0.3) is 0 Å². The second kappa shape index (κ2) is 6.07. The number of aliphatic hydroxyl groups excluding tert-OH is 1. The lowest BCUT2D eigenvalue weighted by Gasteiger charge is -2.48. The van der Waals surface area contributed by atoms with Crippen LogP contribution in [0.3, 0.4) is 0 Å². The number of hydrogen-bond donors (Lipinski definition) is 2. The Hall–Kier alpha value is -0.360. The van der Waals surface area contributed by atoms with Crippen LogP contribution < -0.4 is 5.73 Å². The lowest BCUT2D eigenvalue weighted by molar-refractivity contribution is -0.300. The average molecular weight is 389 g/mol. The standard InChI is InChI=1S/C18H31NO8/c1-15(2)21-7-18(19,8-22-15)13(20)11-9-10(25-16(3,4)24-9)12-14(23-11)27-17(5,6)26-12/h9-14,20H,7-8,19H2,1-6H3/t9-,10+,11+,12-,13?,14-/m1/s1. The molecule has 27 heavy (non-hydrogen) atoms. The molecule has 1 unspecified atom stereocenters. The van der Waals surface area contributed by atoms with Crippen molar-refractivity contribution in [1.82, 2.24) is 0 Å². The third kappa shape index (κ3) is 3.54. The summed E-state index contributed by atoms with van der Waals surface area (Å²) in [6, 6.07) is 0. The van der Waals surface area contributed by atoms with Crippen molar-refractivity contribution in [2.75, 3.05) is 13.2 Å². The smallest absolute Gasteiger partial charge is 0.190 e. The molecular weight excluding hydrogens is 358 g/mol. The first-order valence-corrected chi connectivity index (χ1v) is 9.43. The van der Waals surface area contributed by atoms with Crippen LogP contribution in [0.25, 0.3) is 0 Å². The molecule has 0 saturated carbocycles. The fraction of sp³-hybridized carbons (Fsp3) is 1.00. The summed E-state index contributed by atoms with van der Waals surface area (Å²) in [5.74, 6) is -2.41. The Morgan fingerprint density at radius 2 is 1.30 bits per heavy atom. The van der Waals surface area contributed by atoms with Crippen LogP contribution in [0.15, 0.2) is 0 Å². The SMILES string of the molecule is CC1(C)OCC(N)(C(O)[C@H]2O[C@@H]3OC(C)(C)O[C@@H]3[C@H]3OC(C)(C)O[C@H]32)CO1. The zero-order chi connectivity index (χ0) is 19.8. The molecule has 9 heteroatoms. The van der Waals surface area contributed by atoms with Gasteiger partial charge < -0.3 is 44.0 Å². The molecule has 0 aliphatic carbocycles. The van der Waals surface area contributed by atoms with Gasteiger partial charge in [-0.15, -0.1) is 0 Å². The fourth-order valence-electron chi connectivity index (χ4n) is 4.09. The minimum absolute atomic E-state index is 0.125. The monoisotopic (exact) mass is 389 g/mol. The van der Waals surface area contributed by atoms with E-state index in [9.17, 15) is 5.11 Å². The highest BCUT2D eigenvalue weighted by molar-refractivity contribution is 5.07. The third-order valence-corrected chi connectivity index (χ3v) is 5.47. The van der Waals surface area contributed by atoms with Crippen LogP contribution in [0.1, 0.15) is 41.5 Å². The van der Waals surface area contributed by atoms with Crippen molar-refractivity contribution in [2.24, 2.45) is 5.73 Å². The summed E-state index contributed by atoms with van der Waals surface area (Å²) < 4.78 is 41.4. The highest BCUT2D eigenvalue weighted by atomic mass is 16.9. The Morgan fingerprint density at radius 3 is 1.93 bits per heavy atom. The van der Waals surface area contributed by atoms with E-state index >= 15 is 0 Å². The predicted octanol–water partition coefficient (Wildman–Crippen LogP) is 0.224. The van der Waals surface area contributed by atoms with E-state index in [0.717, 1.165) is 0 Å². The maximum absolute atomic E-state index is 11.2. The predicted molar refractivity (Wildman–Crippen MR) is 91.4 cm³/mol. The van der Waals surface area contributed by atoms with E-state index < -0.39 is 59.7 Å². The number of nitrogens with two attached hydrogens (primary N) is 1. The van der Waals surface area contributed by atoms with Gasteiger partial charge in [0.05, 0.1) is 18.8 Å². The number of ether oxygens (including phenoxy) is 7. The zero-order valence-electron chi connectivity index (χ0n) is 16.8. The summed E-state index contributed by atoms with van der Waals surface area (Å²) >= 11 is 0. The second-order valence-corrected chi connectivity index (χ2v) is 9.29. The van der Waals surface area contributed by atoms with Gasteiger partial charge in [-0.25, -0.2) is 0 Å². The number of rotatable bonds is 2. The normalized spacial score (nSPS) is 45.1. The molecule has 4 heterocycles. The van der Waals surface area contributed by atoms with Gasteiger partial charge in [0.1, 0.15) is 30.5 Å². The summed E-state index contributed by atoms with van der Waals surface area (Å²) in [5.41, 5.74) is 5.30. The van der Waals surface area contributed by atoms with E-state index in [1.807, 2.05) is 27.7 Å². The maximum atomic E-state index is 11.2. The van der Waals surface area contributed by atoms with Gasteiger partial charge >= 0.3 is 0 Å². The lowest BCUT2D eigenvalue weighted by Crippen LogP contribution is -2.70. The molecule has 4 aliphatic heterocycles. The van der Waals surface area contributed by atoms with Crippen molar-refractivity contribution in [3.63, 3.8) is 0 Å². The van der Waals surface area contributed by atoms with Crippen LogP contribution in [0.4, 0.5) is 0 Å². The fourth-order valence-corrected chi connectivity index (χ4v) is 4.09. The van der Waals surface area contributed by atoms with E-state index in [4.69, 9.17) is 38.9 Å². The van der Waals surface area contributed by atoms with Gasteiger partial charge in [-0.05, 0) is 41.5 Å². The van der Waals surface area contributed by atoms with Crippen LogP contribution in [-0.2, 0) is 33.2 Å². The van der Waals surface area contributed by atoms with Crippen LogP contribution in [-0.4, -0.2) is 78.0 Å². The molecule has 0 aromatic heterocycles. The van der Waals surface area contributed by atoms with Gasteiger partial charge in [0.2, 0.25) is 0 Å². The molecular formula is C18H31NO8. The van der Waals surface area contributed by atoms with Crippen molar-refractivity contribution in [3.05, 3.63) is 0 Å². The molecule has 0 bridgehead atoms. The maximum Gasteiger partial charge on any atom is 0.190 e. The van der Waals surface area contributed by atoms with Crippen LogP contribution >= 0.6 is 0 Å². The minimum atomic E-state index is -1.15. The molecule has 3 N–H and O–H groups in total. The molecule has 0 spiro atoms. The summed E-state index contributed by atoms with van der Waals surface area (Å²) in [4.78, 5) is 0. The molecule has 0 radical (unpaired) electrons.